The Morgan fingerprint density at radius 3 is 2.75 bits per heavy atom. The van der Waals surface area contributed by atoms with Crippen molar-refractivity contribution in [3.8, 4) is 0 Å². The Balaban J connectivity index is 0.00000288. The van der Waals surface area contributed by atoms with E-state index < -0.39 is 4.65 Å². The number of carbonyl (C=O) groups is 1. The molecule has 0 aromatic carbocycles. The molecule has 3 N–H and O–H groups in total. The monoisotopic (exact) mass is 464 g/mol. The Hall–Kier alpha value is -0.770. The van der Waals surface area contributed by atoms with Crippen LogP contribution in [0.25, 0.3) is 0 Å². The van der Waals surface area contributed by atoms with Gasteiger partial charge in [-0.15, -0.1) is 16.4 Å². The molecule has 7 heteroatoms. The van der Waals surface area contributed by atoms with Crippen LogP contribution in [0.5, 0.6) is 0 Å². The molecule has 0 spiro atoms. The van der Waals surface area contributed by atoms with Gasteiger partial charge in [0.05, 0.1) is 17.0 Å². The van der Waals surface area contributed by atoms with Crippen LogP contribution in [-0.4, -0.2) is 47.1 Å². The van der Waals surface area contributed by atoms with E-state index in [4.69, 9.17) is 0 Å². The Bertz CT molecular complexity index is 613. The number of aldehydes is 1. The number of allylic oxidation sites excluding steroid dienone is 4. The zero-order chi connectivity index (χ0) is 17.3. The molecule has 2 aliphatic rings. The Kier molecular flexibility index (Phi) is 7.16. The van der Waals surface area contributed by atoms with E-state index in [0.717, 1.165) is 11.3 Å². The number of fused-ring (bicyclic) bond motifs is 1. The second-order valence-corrected chi connectivity index (χ2v) is 7.18. The molecule has 0 aromatic heterocycles. The van der Waals surface area contributed by atoms with Crippen LogP contribution in [0.1, 0.15) is 13.8 Å². The number of aliphatic hydroxyl groups excluding tert-OH is 1. The van der Waals surface area contributed by atoms with Gasteiger partial charge >= 0.3 is 0 Å². The highest BCUT2D eigenvalue weighted by molar-refractivity contribution is 8.02. The Labute approximate surface area is 164 Å². The van der Waals surface area contributed by atoms with Gasteiger partial charge < -0.3 is 39.2 Å². The molecule has 0 radical (unpaired) electrons. The second kappa shape index (κ2) is 8.07. The molecular weight excluding hydrogens is 439 g/mol. The number of rotatable bonds is 5. The second-order valence-electron chi connectivity index (χ2n) is 6.33. The smallest absolute Gasteiger partial charge is 0.206 e. The zero-order valence-corrected chi connectivity index (χ0v) is 17.3. The predicted octanol–water partition coefficient (Wildman–Crippen LogP) is -0.261. The first-order chi connectivity index (χ1) is 10.8. The number of hydrogen-bond donors (Lipinski definition) is 3. The third kappa shape index (κ3) is 3.58. The van der Waals surface area contributed by atoms with E-state index in [9.17, 15) is 15.1 Å². The number of carbonyl (C=O) groups excluding carboxylic acids is 1. The van der Waals surface area contributed by atoms with Gasteiger partial charge in [-0.25, -0.2) is 5.21 Å². The normalized spacial score (nSPS) is 35.3. The number of nitrogens with one attached hydrogen (secondary N) is 1. The minimum Gasteiger partial charge on any atom is -1.00 e. The summed E-state index contributed by atoms with van der Waals surface area (Å²) >= 11 is 1.43. The molecule has 0 saturated carbocycles. The van der Waals surface area contributed by atoms with Gasteiger partial charge in [0.2, 0.25) is 5.70 Å². The topological polar surface area (TPSA) is 69.6 Å². The summed E-state index contributed by atoms with van der Waals surface area (Å²) in [6, 6.07) is -0.196. The quantitative estimate of drug-likeness (QED) is 0.297. The lowest BCUT2D eigenvalue weighted by atomic mass is 9.66. The van der Waals surface area contributed by atoms with Gasteiger partial charge in [-0.3, -0.25) is 0 Å². The highest BCUT2D eigenvalue weighted by atomic mass is 127. The molecule has 1 heterocycles. The average Bonchev–Trinajstić information content (AvgIpc) is 2.52. The molecule has 4 unspecified atom stereocenters. The standard InChI is InChI=1S/C17H24N2O3S.HI/c1-12-16(21)13(11-15(23-4)18-9-10-20)19(3,22)14-7-5-6-8-17(12,14)2;/h5-8,10-12,14,18,22H,9H2,1-4H3;1H/b15-11+;. The fourth-order valence-electron chi connectivity index (χ4n) is 3.40. The maximum atomic E-state index is 11.1. The molecule has 0 amide bonds. The van der Waals surface area contributed by atoms with Gasteiger partial charge in [0.15, 0.2) is 11.8 Å². The molecule has 0 saturated heterocycles. The summed E-state index contributed by atoms with van der Waals surface area (Å²) in [4.78, 5) is 10.6. The third-order valence-corrected chi connectivity index (χ3v) is 5.68. The molecule has 134 valence electrons. The number of thioether (sulfide) groups is 1. The van der Waals surface area contributed by atoms with E-state index in [1.165, 1.54) is 11.8 Å². The summed E-state index contributed by atoms with van der Waals surface area (Å²) in [7, 11) is 1.68. The molecule has 0 bridgehead atoms. The first-order valence-electron chi connectivity index (χ1n) is 7.61. The van der Waals surface area contributed by atoms with Gasteiger partial charge in [-0.1, -0.05) is 25.2 Å². The van der Waals surface area contributed by atoms with E-state index in [1.54, 1.807) is 13.1 Å². The van der Waals surface area contributed by atoms with Crippen molar-refractivity contribution in [2.75, 3.05) is 19.8 Å². The molecule has 1 aliphatic carbocycles. The number of quaternary nitrogens is 1. The lowest BCUT2D eigenvalue weighted by Gasteiger charge is -2.49. The third-order valence-electron chi connectivity index (χ3n) is 4.98. The van der Waals surface area contributed by atoms with Crippen LogP contribution in [0.15, 0.2) is 46.9 Å². The van der Waals surface area contributed by atoms with E-state index in [0.29, 0.717) is 5.70 Å². The molecule has 1 aliphatic heterocycles. The maximum Gasteiger partial charge on any atom is 0.206 e. The van der Waals surface area contributed by atoms with E-state index in [-0.39, 0.29) is 53.7 Å². The Morgan fingerprint density at radius 1 is 1.50 bits per heavy atom. The van der Waals surface area contributed by atoms with E-state index in [2.05, 4.69) is 5.32 Å². The zero-order valence-electron chi connectivity index (χ0n) is 14.4. The lowest BCUT2D eigenvalue weighted by molar-refractivity contribution is -1.08. The molecule has 4 atom stereocenters. The molecular formula is C17H25IN2O3S. The summed E-state index contributed by atoms with van der Waals surface area (Å²) < 4.78 is -0.430. The number of hydrogen-bond acceptors (Lipinski definition) is 5. The van der Waals surface area contributed by atoms with Crippen LogP contribution >= 0.6 is 11.8 Å². The van der Waals surface area contributed by atoms with Gasteiger partial charge in [-0.2, -0.15) is 0 Å². The highest BCUT2D eigenvalue weighted by Crippen LogP contribution is 2.49. The molecule has 0 fully saturated rings. The largest absolute Gasteiger partial charge is 1.00 e. The van der Waals surface area contributed by atoms with Crippen molar-refractivity contribution in [2.45, 2.75) is 19.9 Å². The van der Waals surface area contributed by atoms with Gasteiger partial charge in [-0.05, 0) is 19.3 Å². The summed E-state index contributed by atoms with van der Waals surface area (Å²) in [5.74, 6) is 0.0423. The van der Waals surface area contributed by atoms with Gasteiger partial charge in [0.1, 0.15) is 13.3 Å². The highest BCUT2D eigenvalue weighted by Gasteiger charge is 2.56. The fourth-order valence-corrected chi connectivity index (χ4v) is 3.86. The van der Waals surface area contributed by atoms with E-state index in [1.807, 2.05) is 44.4 Å². The molecule has 5 nitrogen and oxygen atoms in total. The number of hydroxylamine groups is 3. The van der Waals surface area contributed by atoms with Crippen LogP contribution in [-0.2, 0) is 4.79 Å². The molecule has 0 aromatic rings. The van der Waals surface area contributed by atoms with Gasteiger partial charge in [0, 0.05) is 12.0 Å². The SMILES string of the molecule is CS/C(=C/C1=C(O)C(C)C2(C)C=CC=CC2[N+]1(C)O)NCC=O.[I-]. The van der Waals surface area contributed by atoms with Crippen molar-refractivity contribution in [2.24, 2.45) is 11.3 Å². The van der Waals surface area contributed by atoms with Crippen molar-refractivity contribution in [1.29, 1.82) is 0 Å². The first kappa shape index (κ1) is 21.3. The van der Waals surface area contributed by atoms with Crippen LogP contribution in [0.2, 0.25) is 0 Å². The van der Waals surface area contributed by atoms with E-state index >= 15 is 0 Å². The average molecular weight is 464 g/mol. The first-order valence-corrected chi connectivity index (χ1v) is 8.83. The number of nitrogens with zero attached hydrogens (tertiary/aromatic N) is 1. The van der Waals surface area contributed by atoms with Crippen LogP contribution < -0.4 is 29.3 Å². The predicted molar refractivity (Wildman–Crippen MR) is 92.6 cm³/mol. The molecule has 24 heavy (non-hydrogen) atoms. The van der Waals surface area contributed by atoms with Crippen LogP contribution in [0.3, 0.4) is 0 Å². The summed E-state index contributed by atoms with van der Waals surface area (Å²) in [5, 5.41) is 25.6. The summed E-state index contributed by atoms with van der Waals surface area (Å²) in [6.45, 7) is 4.21. The fraction of sp³-hybridized carbons (Fsp3) is 0.471. The van der Waals surface area contributed by atoms with Crippen LogP contribution in [0.4, 0.5) is 0 Å². The van der Waals surface area contributed by atoms with Crippen molar-refractivity contribution < 1.29 is 43.7 Å². The van der Waals surface area contributed by atoms with Crippen LogP contribution in [0, 0.1) is 11.3 Å². The van der Waals surface area contributed by atoms with Crippen molar-refractivity contribution in [3.63, 3.8) is 0 Å². The minimum absolute atomic E-state index is 0. The number of aliphatic hydroxyl groups is 1. The summed E-state index contributed by atoms with van der Waals surface area (Å²) in [6.07, 6.45) is 12.3. The van der Waals surface area contributed by atoms with Crippen molar-refractivity contribution >= 4 is 18.0 Å². The van der Waals surface area contributed by atoms with Crippen molar-refractivity contribution in [3.05, 3.63) is 46.9 Å². The van der Waals surface area contributed by atoms with Crippen molar-refractivity contribution in [1.82, 2.24) is 5.32 Å². The lowest BCUT2D eigenvalue weighted by Crippen LogP contribution is -3.00. The van der Waals surface area contributed by atoms with Gasteiger partial charge in [0.25, 0.3) is 0 Å². The number of halogens is 1. The summed E-state index contributed by atoms with van der Waals surface area (Å²) in [5.41, 5.74) is 0.0813. The molecule has 2 rings (SSSR count). The minimum atomic E-state index is -0.430. The Morgan fingerprint density at radius 2 is 2.17 bits per heavy atom. The maximum absolute atomic E-state index is 11.1. The number of likely N-dealkylation sites (N-methyl/N-ethyl adjacent to an activating group) is 1.